The maximum atomic E-state index is 12.7. The van der Waals surface area contributed by atoms with Gasteiger partial charge in [0.05, 0.1) is 17.4 Å². The number of methoxy groups -OCH3 is 1. The number of amides is 1. The molecule has 0 aliphatic rings. The SMILES string of the molecule is COCCOc1nn(CC(=O)Nc2ncc(C)cn2)c(=O)c2ccc(Br)cc12. The fourth-order valence-corrected chi connectivity index (χ4v) is 2.78. The average Bonchev–Trinajstić information content (AvgIpc) is 2.67. The highest BCUT2D eigenvalue weighted by atomic mass is 79.9. The van der Waals surface area contributed by atoms with Gasteiger partial charge in [0.15, 0.2) is 0 Å². The number of rotatable bonds is 7. The average molecular weight is 448 g/mol. The third-order valence-corrected chi connectivity index (χ3v) is 4.23. The Morgan fingerprint density at radius 1 is 1.21 bits per heavy atom. The van der Waals surface area contributed by atoms with E-state index in [2.05, 4.69) is 36.3 Å². The molecule has 3 rings (SSSR count). The summed E-state index contributed by atoms with van der Waals surface area (Å²) in [6.45, 7) is 2.16. The number of hydrogen-bond acceptors (Lipinski definition) is 7. The normalized spacial score (nSPS) is 10.8. The second-order valence-corrected chi connectivity index (χ2v) is 6.85. The van der Waals surface area contributed by atoms with E-state index in [1.807, 2.05) is 6.92 Å². The topological polar surface area (TPSA) is 108 Å². The summed E-state index contributed by atoms with van der Waals surface area (Å²) in [6, 6.07) is 5.15. The van der Waals surface area contributed by atoms with E-state index in [-0.39, 0.29) is 25.0 Å². The number of aryl methyl sites for hydroxylation is 1. The predicted molar refractivity (Wildman–Crippen MR) is 106 cm³/mol. The van der Waals surface area contributed by atoms with Crippen molar-refractivity contribution >= 4 is 38.6 Å². The Labute approximate surface area is 168 Å². The van der Waals surface area contributed by atoms with Crippen molar-refractivity contribution in [2.75, 3.05) is 25.6 Å². The first-order chi connectivity index (χ1) is 13.5. The van der Waals surface area contributed by atoms with Crippen LogP contribution in [0.2, 0.25) is 0 Å². The van der Waals surface area contributed by atoms with E-state index in [1.165, 1.54) is 0 Å². The molecule has 2 aromatic heterocycles. The third kappa shape index (κ3) is 4.70. The number of aromatic nitrogens is 4. The minimum Gasteiger partial charge on any atom is -0.474 e. The van der Waals surface area contributed by atoms with Crippen LogP contribution >= 0.6 is 15.9 Å². The standard InChI is InChI=1S/C18H18BrN5O4/c1-11-8-20-18(21-9-11)22-15(25)10-24-17(26)13-4-3-12(19)7-14(13)16(23-24)28-6-5-27-2/h3-4,7-9H,5-6,10H2,1-2H3,(H,20,21,22,25). The largest absolute Gasteiger partial charge is 0.474 e. The van der Waals surface area contributed by atoms with Gasteiger partial charge in [0.2, 0.25) is 17.7 Å². The number of nitrogens with one attached hydrogen (secondary N) is 1. The van der Waals surface area contributed by atoms with E-state index >= 15 is 0 Å². The number of anilines is 1. The van der Waals surface area contributed by atoms with Crippen LogP contribution in [0.25, 0.3) is 10.8 Å². The Hall–Kier alpha value is -2.85. The first kappa shape index (κ1) is 19.9. The lowest BCUT2D eigenvalue weighted by Gasteiger charge is -2.12. The molecular formula is C18H18BrN5O4. The number of carbonyl (C=O) groups is 1. The summed E-state index contributed by atoms with van der Waals surface area (Å²) in [6.07, 6.45) is 3.17. The number of halogens is 1. The van der Waals surface area contributed by atoms with Gasteiger partial charge in [-0.15, -0.1) is 5.10 Å². The Balaban J connectivity index is 1.90. The summed E-state index contributed by atoms with van der Waals surface area (Å²) in [7, 11) is 1.56. The van der Waals surface area contributed by atoms with E-state index < -0.39 is 11.5 Å². The lowest BCUT2D eigenvalue weighted by molar-refractivity contribution is -0.117. The summed E-state index contributed by atoms with van der Waals surface area (Å²) >= 11 is 3.38. The van der Waals surface area contributed by atoms with Gasteiger partial charge in [0, 0.05) is 24.0 Å². The van der Waals surface area contributed by atoms with Crippen LogP contribution in [0, 0.1) is 6.92 Å². The van der Waals surface area contributed by atoms with Gasteiger partial charge in [-0.05, 0) is 30.7 Å². The molecule has 0 saturated carbocycles. The maximum absolute atomic E-state index is 12.7. The molecule has 1 N–H and O–H groups in total. The molecule has 0 radical (unpaired) electrons. The lowest BCUT2D eigenvalue weighted by atomic mass is 10.2. The van der Waals surface area contributed by atoms with Crippen LogP contribution in [-0.2, 0) is 16.1 Å². The lowest BCUT2D eigenvalue weighted by Crippen LogP contribution is -2.30. The third-order valence-electron chi connectivity index (χ3n) is 3.74. The molecule has 1 amide bonds. The molecule has 1 aromatic carbocycles. The van der Waals surface area contributed by atoms with Crippen molar-refractivity contribution in [3.8, 4) is 5.88 Å². The van der Waals surface area contributed by atoms with Gasteiger partial charge in [0.1, 0.15) is 13.2 Å². The molecule has 0 fully saturated rings. The Bertz CT molecular complexity index is 1050. The molecule has 2 heterocycles. The van der Waals surface area contributed by atoms with Crippen LogP contribution < -0.4 is 15.6 Å². The number of carbonyl (C=O) groups excluding carboxylic acids is 1. The summed E-state index contributed by atoms with van der Waals surface area (Å²) in [5.74, 6) is -0.0740. The van der Waals surface area contributed by atoms with Crippen LogP contribution in [0.15, 0.2) is 39.9 Å². The highest BCUT2D eigenvalue weighted by molar-refractivity contribution is 9.10. The first-order valence-corrected chi connectivity index (χ1v) is 9.18. The fraction of sp³-hybridized carbons (Fsp3) is 0.278. The van der Waals surface area contributed by atoms with E-state index in [0.29, 0.717) is 17.4 Å². The van der Waals surface area contributed by atoms with Gasteiger partial charge in [0.25, 0.3) is 5.56 Å². The highest BCUT2D eigenvalue weighted by Gasteiger charge is 2.15. The number of nitrogens with zero attached hydrogens (tertiary/aromatic N) is 4. The molecule has 0 unspecified atom stereocenters. The zero-order valence-corrected chi connectivity index (χ0v) is 16.9. The second kappa shape index (κ2) is 8.89. The minimum atomic E-state index is -0.474. The summed E-state index contributed by atoms with van der Waals surface area (Å²) in [4.78, 5) is 33.1. The second-order valence-electron chi connectivity index (χ2n) is 5.93. The smallest absolute Gasteiger partial charge is 0.275 e. The number of hydrogen-bond donors (Lipinski definition) is 1. The molecule has 0 saturated heterocycles. The van der Waals surface area contributed by atoms with Crippen LogP contribution in [0.5, 0.6) is 5.88 Å². The Morgan fingerprint density at radius 3 is 2.68 bits per heavy atom. The van der Waals surface area contributed by atoms with Crippen LogP contribution in [0.3, 0.4) is 0 Å². The van der Waals surface area contributed by atoms with Gasteiger partial charge in [-0.3, -0.25) is 14.9 Å². The Kier molecular flexibility index (Phi) is 6.32. The number of ether oxygens (including phenoxy) is 2. The van der Waals surface area contributed by atoms with E-state index in [1.54, 1.807) is 37.7 Å². The van der Waals surface area contributed by atoms with Gasteiger partial charge in [-0.1, -0.05) is 15.9 Å². The molecule has 3 aromatic rings. The van der Waals surface area contributed by atoms with Crippen LogP contribution in [-0.4, -0.2) is 46.0 Å². The van der Waals surface area contributed by atoms with Crippen molar-refractivity contribution in [2.45, 2.75) is 13.5 Å². The summed E-state index contributed by atoms with van der Waals surface area (Å²) < 4.78 is 12.5. The van der Waals surface area contributed by atoms with E-state index in [0.717, 1.165) is 14.7 Å². The molecule has 0 bridgehead atoms. The number of fused-ring (bicyclic) bond motifs is 1. The van der Waals surface area contributed by atoms with E-state index in [4.69, 9.17) is 9.47 Å². The minimum absolute atomic E-state index is 0.157. The summed E-state index contributed by atoms with van der Waals surface area (Å²) in [5, 5.41) is 7.70. The molecule has 9 nitrogen and oxygen atoms in total. The zero-order chi connectivity index (χ0) is 20.1. The zero-order valence-electron chi connectivity index (χ0n) is 15.3. The summed E-state index contributed by atoms with van der Waals surface area (Å²) in [5.41, 5.74) is 0.469. The van der Waals surface area contributed by atoms with Gasteiger partial charge < -0.3 is 9.47 Å². The van der Waals surface area contributed by atoms with Gasteiger partial charge in [-0.2, -0.15) is 0 Å². The van der Waals surface area contributed by atoms with Crippen molar-refractivity contribution in [2.24, 2.45) is 0 Å². The van der Waals surface area contributed by atoms with Gasteiger partial charge in [-0.25, -0.2) is 14.6 Å². The van der Waals surface area contributed by atoms with Gasteiger partial charge >= 0.3 is 0 Å². The molecule has 0 aliphatic heterocycles. The molecule has 28 heavy (non-hydrogen) atoms. The quantitative estimate of drug-likeness (QED) is 0.551. The van der Waals surface area contributed by atoms with Crippen molar-refractivity contribution in [1.29, 1.82) is 0 Å². The first-order valence-electron chi connectivity index (χ1n) is 8.38. The molecule has 146 valence electrons. The monoisotopic (exact) mass is 447 g/mol. The molecule has 0 atom stereocenters. The molecule has 10 heteroatoms. The number of benzene rings is 1. The molecular weight excluding hydrogens is 430 g/mol. The fourth-order valence-electron chi connectivity index (χ4n) is 2.42. The van der Waals surface area contributed by atoms with Crippen molar-refractivity contribution in [3.63, 3.8) is 0 Å². The Morgan fingerprint density at radius 2 is 1.96 bits per heavy atom. The van der Waals surface area contributed by atoms with E-state index in [9.17, 15) is 9.59 Å². The van der Waals surface area contributed by atoms with Crippen molar-refractivity contribution in [3.05, 3.63) is 51.0 Å². The van der Waals surface area contributed by atoms with Crippen molar-refractivity contribution < 1.29 is 14.3 Å². The molecule has 0 spiro atoms. The predicted octanol–water partition coefficient (Wildman–Crippen LogP) is 1.92. The molecule has 0 aliphatic carbocycles. The van der Waals surface area contributed by atoms with Crippen LogP contribution in [0.4, 0.5) is 5.95 Å². The highest BCUT2D eigenvalue weighted by Crippen LogP contribution is 2.24. The van der Waals surface area contributed by atoms with Crippen LogP contribution in [0.1, 0.15) is 5.56 Å². The maximum Gasteiger partial charge on any atom is 0.275 e. The van der Waals surface area contributed by atoms with Crippen molar-refractivity contribution in [1.82, 2.24) is 19.7 Å².